The fraction of sp³-hybridized carbons (Fsp3) is 0.375. The minimum absolute atomic E-state index is 0.238. The van der Waals surface area contributed by atoms with Gasteiger partial charge in [0.15, 0.2) is 0 Å². The van der Waals surface area contributed by atoms with Crippen LogP contribution < -0.4 is 0 Å². The van der Waals surface area contributed by atoms with Crippen molar-refractivity contribution in [2.24, 2.45) is 0 Å². The maximum atomic E-state index is 12.9. The highest BCUT2D eigenvalue weighted by Crippen LogP contribution is 2.36. The Morgan fingerprint density at radius 3 is 2.20 bits per heavy atom. The first-order chi connectivity index (χ1) is 9.43. The van der Waals surface area contributed by atoms with Crippen molar-refractivity contribution in [1.82, 2.24) is 0 Å². The molecule has 0 saturated carbocycles. The minimum Gasteiger partial charge on any atom is -0.380 e. The second-order valence-electron chi connectivity index (χ2n) is 4.24. The maximum absolute atomic E-state index is 12.9. The summed E-state index contributed by atoms with van der Waals surface area (Å²) in [5.41, 5.74) is 1.11. The number of benzene rings is 2. The van der Waals surface area contributed by atoms with Gasteiger partial charge in [-0.25, -0.2) is 0 Å². The van der Waals surface area contributed by atoms with Crippen LogP contribution in [-0.4, -0.2) is 7.11 Å². The van der Waals surface area contributed by atoms with E-state index in [1.165, 1.54) is 12.1 Å². The zero-order valence-corrected chi connectivity index (χ0v) is 12.1. The van der Waals surface area contributed by atoms with Crippen LogP contribution in [0.2, 0.25) is 0 Å². The summed E-state index contributed by atoms with van der Waals surface area (Å²) in [4.78, 5) is 0. The summed E-state index contributed by atoms with van der Waals surface area (Å²) in [6, 6.07) is 7.57. The summed E-state index contributed by atoms with van der Waals surface area (Å²) < 4.78 is 43.6. The molecule has 0 bridgehead atoms. The third-order valence-corrected chi connectivity index (χ3v) is 2.92. The lowest BCUT2D eigenvalue weighted by Crippen LogP contribution is -2.06. The summed E-state index contributed by atoms with van der Waals surface area (Å²) in [5.74, 6) is 0. The zero-order valence-electron chi connectivity index (χ0n) is 12.1. The fourth-order valence-corrected chi connectivity index (χ4v) is 2.04. The molecule has 0 spiro atoms. The van der Waals surface area contributed by atoms with Crippen LogP contribution in [0.1, 0.15) is 30.5 Å². The van der Waals surface area contributed by atoms with E-state index in [-0.39, 0.29) is 5.39 Å². The Hall–Kier alpha value is -1.55. The standard InChI is InChI=1S/C14H13F3O.C2H6/c1-9-3-6-13(14(15,16)17)11-5-4-10(8-18-2)7-12(9)11;1-2/h3-7H,8H2,1-2H3;1-2H3. The van der Waals surface area contributed by atoms with E-state index in [0.29, 0.717) is 12.0 Å². The van der Waals surface area contributed by atoms with Crippen LogP contribution in [0.5, 0.6) is 0 Å². The predicted molar refractivity (Wildman–Crippen MR) is 75.7 cm³/mol. The van der Waals surface area contributed by atoms with Gasteiger partial charge in [0, 0.05) is 7.11 Å². The highest BCUT2D eigenvalue weighted by molar-refractivity contribution is 5.89. The number of methoxy groups -OCH3 is 1. The first kappa shape index (κ1) is 16.5. The van der Waals surface area contributed by atoms with E-state index >= 15 is 0 Å². The van der Waals surface area contributed by atoms with Gasteiger partial charge in [-0.3, -0.25) is 0 Å². The molecule has 0 saturated heterocycles. The molecular formula is C16H19F3O. The largest absolute Gasteiger partial charge is 0.417 e. The fourth-order valence-electron chi connectivity index (χ4n) is 2.04. The lowest BCUT2D eigenvalue weighted by molar-refractivity contribution is -0.136. The Morgan fingerprint density at radius 1 is 1.00 bits per heavy atom. The van der Waals surface area contributed by atoms with Crippen LogP contribution in [0, 0.1) is 6.92 Å². The molecule has 0 aliphatic carbocycles. The van der Waals surface area contributed by atoms with Gasteiger partial charge in [0.2, 0.25) is 0 Å². The third-order valence-electron chi connectivity index (χ3n) is 2.92. The Morgan fingerprint density at radius 2 is 1.65 bits per heavy atom. The van der Waals surface area contributed by atoms with Gasteiger partial charge in [-0.1, -0.05) is 32.0 Å². The van der Waals surface area contributed by atoms with Crippen LogP contribution in [-0.2, 0) is 17.5 Å². The van der Waals surface area contributed by atoms with Crippen molar-refractivity contribution in [2.45, 2.75) is 33.6 Å². The molecule has 0 aliphatic rings. The average Bonchev–Trinajstić information content (AvgIpc) is 2.41. The summed E-state index contributed by atoms with van der Waals surface area (Å²) in [6.45, 7) is 6.20. The van der Waals surface area contributed by atoms with Crippen molar-refractivity contribution in [3.05, 3.63) is 47.0 Å². The monoisotopic (exact) mass is 284 g/mol. The topological polar surface area (TPSA) is 9.23 Å². The van der Waals surface area contributed by atoms with Crippen LogP contribution in [0.4, 0.5) is 13.2 Å². The zero-order chi connectivity index (χ0) is 15.3. The smallest absolute Gasteiger partial charge is 0.380 e. The molecule has 0 fully saturated rings. The summed E-state index contributed by atoms with van der Waals surface area (Å²) in [5, 5.41) is 0.863. The third kappa shape index (κ3) is 3.51. The second kappa shape index (κ2) is 6.75. The molecule has 0 heterocycles. The van der Waals surface area contributed by atoms with Crippen LogP contribution in [0.25, 0.3) is 10.8 Å². The van der Waals surface area contributed by atoms with E-state index in [9.17, 15) is 13.2 Å². The van der Waals surface area contributed by atoms with Crippen LogP contribution in [0.3, 0.4) is 0 Å². The number of ether oxygens (including phenoxy) is 1. The van der Waals surface area contributed by atoms with E-state index in [1.54, 1.807) is 26.2 Å². The van der Waals surface area contributed by atoms with E-state index in [4.69, 9.17) is 4.74 Å². The molecule has 1 nitrogen and oxygen atoms in total. The Kier molecular flexibility index (Phi) is 5.57. The number of aryl methyl sites for hydroxylation is 1. The Labute approximate surface area is 117 Å². The second-order valence-corrected chi connectivity index (χ2v) is 4.24. The Balaban J connectivity index is 0.000000956. The molecule has 0 aliphatic heterocycles. The molecule has 0 unspecified atom stereocenters. The van der Waals surface area contributed by atoms with E-state index in [2.05, 4.69) is 0 Å². The number of hydrogen-bond donors (Lipinski definition) is 0. The number of hydrogen-bond acceptors (Lipinski definition) is 1. The molecular weight excluding hydrogens is 265 g/mol. The lowest BCUT2D eigenvalue weighted by Gasteiger charge is -2.13. The highest BCUT2D eigenvalue weighted by Gasteiger charge is 2.32. The number of halogens is 3. The van der Waals surface area contributed by atoms with Gasteiger partial charge in [-0.2, -0.15) is 13.2 Å². The molecule has 0 N–H and O–H groups in total. The van der Waals surface area contributed by atoms with Crippen molar-refractivity contribution in [3.63, 3.8) is 0 Å². The van der Waals surface area contributed by atoms with Crippen molar-refractivity contribution < 1.29 is 17.9 Å². The molecule has 2 aromatic rings. The summed E-state index contributed by atoms with van der Waals surface area (Å²) >= 11 is 0. The summed E-state index contributed by atoms with van der Waals surface area (Å²) in [7, 11) is 1.56. The minimum atomic E-state index is -4.32. The normalized spacial score (nSPS) is 11.2. The molecule has 20 heavy (non-hydrogen) atoms. The van der Waals surface area contributed by atoms with Crippen molar-refractivity contribution in [1.29, 1.82) is 0 Å². The molecule has 0 aromatic heterocycles. The molecule has 0 atom stereocenters. The van der Waals surface area contributed by atoms with E-state index in [1.807, 2.05) is 13.8 Å². The lowest BCUT2D eigenvalue weighted by atomic mass is 9.98. The SMILES string of the molecule is CC.COCc1ccc2c(C(F)(F)F)ccc(C)c2c1. The first-order valence-electron chi connectivity index (χ1n) is 6.52. The van der Waals surface area contributed by atoms with Gasteiger partial charge in [-0.15, -0.1) is 0 Å². The predicted octanol–water partition coefficient (Wildman–Crippen LogP) is 5.34. The van der Waals surface area contributed by atoms with Gasteiger partial charge in [0.25, 0.3) is 0 Å². The van der Waals surface area contributed by atoms with E-state index in [0.717, 1.165) is 17.2 Å². The van der Waals surface area contributed by atoms with Gasteiger partial charge >= 0.3 is 6.18 Å². The molecule has 0 radical (unpaired) electrons. The average molecular weight is 284 g/mol. The molecule has 2 rings (SSSR count). The highest BCUT2D eigenvalue weighted by atomic mass is 19.4. The van der Waals surface area contributed by atoms with Gasteiger partial charge in [0.05, 0.1) is 12.2 Å². The van der Waals surface area contributed by atoms with Crippen molar-refractivity contribution >= 4 is 10.8 Å². The maximum Gasteiger partial charge on any atom is 0.417 e. The quantitative estimate of drug-likeness (QED) is 0.723. The number of fused-ring (bicyclic) bond motifs is 1. The number of rotatable bonds is 2. The van der Waals surface area contributed by atoms with Crippen LogP contribution in [0.15, 0.2) is 30.3 Å². The molecule has 4 heteroatoms. The van der Waals surface area contributed by atoms with E-state index < -0.39 is 11.7 Å². The van der Waals surface area contributed by atoms with Crippen molar-refractivity contribution in [3.8, 4) is 0 Å². The van der Waals surface area contributed by atoms with Crippen molar-refractivity contribution in [2.75, 3.05) is 7.11 Å². The molecule has 110 valence electrons. The molecule has 0 amide bonds. The summed E-state index contributed by atoms with van der Waals surface area (Å²) in [6.07, 6.45) is -4.32. The van der Waals surface area contributed by atoms with Gasteiger partial charge in [-0.05, 0) is 41.0 Å². The molecule has 2 aromatic carbocycles. The Bertz CT molecular complexity index is 574. The van der Waals surface area contributed by atoms with Gasteiger partial charge in [0.1, 0.15) is 0 Å². The first-order valence-corrected chi connectivity index (χ1v) is 6.52. The van der Waals surface area contributed by atoms with Crippen LogP contribution >= 0.6 is 0 Å². The number of alkyl halides is 3. The van der Waals surface area contributed by atoms with Gasteiger partial charge < -0.3 is 4.74 Å².